The van der Waals surface area contributed by atoms with E-state index in [1.165, 1.54) is 36.3 Å². The fraction of sp³-hybridized carbons (Fsp3) is 0.531. The van der Waals surface area contributed by atoms with Gasteiger partial charge in [0.2, 0.25) is 0 Å². The third-order valence-electron chi connectivity index (χ3n) is 8.68. The van der Waals surface area contributed by atoms with Gasteiger partial charge in [-0.05, 0) is 61.6 Å². The van der Waals surface area contributed by atoms with Gasteiger partial charge in [-0.1, -0.05) is 62.2 Å². The van der Waals surface area contributed by atoms with Gasteiger partial charge >= 0.3 is 12.0 Å². The predicted molar refractivity (Wildman–Crippen MR) is 158 cm³/mol. The highest BCUT2D eigenvalue weighted by atomic mass is 35.5. The van der Waals surface area contributed by atoms with Crippen molar-refractivity contribution in [3.05, 3.63) is 69.2 Å². The van der Waals surface area contributed by atoms with E-state index in [0.29, 0.717) is 25.8 Å². The minimum absolute atomic E-state index is 0.0449. The molecule has 1 aliphatic carbocycles. The van der Waals surface area contributed by atoms with E-state index >= 15 is 8.78 Å². The molecule has 6 nitrogen and oxygen atoms in total. The molecule has 0 spiro atoms. The lowest BCUT2D eigenvalue weighted by Gasteiger charge is -2.38. The van der Waals surface area contributed by atoms with Gasteiger partial charge in [0.1, 0.15) is 17.0 Å². The Morgan fingerprint density at radius 1 is 1.14 bits per heavy atom. The number of nitriles is 1. The first kappa shape index (κ1) is 32.0. The third kappa shape index (κ3) is 6.38. The van der Waals surface area contributed by atoms with E-state index in [4.69, 9.17) is 27.9 Å². The number of urea groups is 1. The van der Waals surface area contributed by atoms with Gasteiger partial charge in [-0.25, -0.2) is 13.6 Å². The summed E-state index contributed by atoms with van der Waals surface area (Å²) in [6, 6.07) is 9.31. The number of hydrogen-bond acceptors (Lipinski definition) is 4. The number of nitrogens with one attached hydrogen (secondary N) is 1. The number of nitrogens with zero attached hydrogens (tertiary/aromatic N) is 2. The van der Waals surface area contributed by atoms with E-state index in [-0.39, 0.29) is 50.9 Å². The maximum atomic E-state index is 15.8. The number of ether oxygens (including phenoxy) is 1. The van der Waals surface area contributed by atoms with Crippen LogP contribution in [0.4, 0.5) is 13.6 Å². The fourth-order valence-corrected chi connectivity index (χ4v) is 7.11. The Balaban J connectivity index is 1.75. The zero-order valence-electron chi connectivity index (χ0n) is 24.4. The maximum absolute atomic E-state index is 15.8. The van der Waals surface area contributed by atoms with Crippen LogP contribution in [0, 0.1) is 46.1 Å². The fourth-order valence-electron chi connectivity index (χ4n) is 6.77. The summed E-state index contributed by atoms with van der Waals surface area (Å²) in [6.45, 7) is 6.48. The number of carbonyl (C=O) groups excluding carboxylic acids is 2. The van der Waals surface area contributed by atoms with Gasteiger partial charge in [0.05, 0.1) is 30.2 Å². The highest BCUT2D eigenvalue weighted by Crippen LogP contribution is 2.56. The van der Waals surface area contributed by atoms with Crippen LogP contribution in [0.2, 0.25) is 10.0 Å². The number of methoxy groups -OCH3 is 1. The van der Waals surface area contributed by atoms with E-state index in [1.807, 2.05) is 20.8 Å². The van der Waals surface area contributed by atoms with Crippen LogP contribution in [0.5, 0.6) is 0 Å². The van der Waals surface area contributed by atoms with Crippen LogP contribution < -0.4 is 5.32 Å². The van der Waals surface area contributed by atoms with Crippen molar-refractivity contribution in [3.63, 3.8) is 0 Å². The molecule has 2 aromatic rings. The Morgan fingerprint density at radius 2 is 1.83 bits per heavy atom. The number of esters is 1. The second-order valence-corrected chi connectivity index (χ2v) is 13.5. The van der Waals surface area contributed by atoms with E-state index in [0.717, 1.165) is 18.9 Å². The van der Waals surface area contributed by atoms with Crippen LogP contribution in [0.1, 0.15) is 70.0 Å². The van der Waals surface area contributed by atoms with Crippen LogP contribution >= 0.6 is 23.2 Å². The van der Waals surface area contributed by atoms with Gasteiger partial charge in [-0.3, -0.25) is 4.79 Å². The van der Waals surface area contributed by atoms with Crippen molar-refractivity contribution in [3.8, 4) is 6.07 Å². The van der Waals surface area contributed by atoms with Gasteiger partial charge in [-0.2, -0.15) is 5.26 Å². The molecule has 4 rings (SSSR count). The molecular formula is C32H37Cl2F2N3O3. The molecule has 2 aliphatic rings. The number of likely N-dealkylation sites (tertiary alicyclic amines) is 1. The van der Waals surface area contributed by atoms with Crippen LogP contribution in [0.15, 0.2) is 36.4 Å². The lowest BCUT2D eigenvalue weighted by atomic mass is 9.63. The molecule has 0 radical (unpaired) electrons. The summed E-state index contributed by atoms with van der Waals surface area (Å²) in [5.74, 6) is -2.19. The van der Waals surface area contributed by atoms with Gasteiger partial charge in [0.25, 0.3) is 0 Å². The molecule has 1 saturated heterocycles. The van der Waals surface area contributed by atoms with Crippen LogP contribution in [-0.2, 0) is 14.9 Å². The summed E-state index contributed by atoms with van der Waals surface area (Å²) in [5, 5.41) is 14.0. The average Bonchev–Trinajstić information content (AvgIpc) is 3.25. The average molecular weight is 621 g/mol. The summed E-state index contributed by atoms with van der Waals surface area (Å²) >= 11 is 12.3. The van der Waals surface area contributed by atoms with Gasteiger partial charge in [0.15, 0.2) is 0 Å². The number of hydrogen-bond donors (Lipinski definition) is 1. The monoisotopic (exact) mass is 619 g/mol. The van der Waals surface area contributed by atoms with E-state index < -0.39 is 35.0 Å². The molecule has 226 valence electrons. The van der Waals surface area contributed by atoms with Gasteiger partial charge < -0.3 is 15.0 Å². The second-order valence-electron chi connectivity index (χ2n) is 12.7. The van der Waals surface area contributed by atoms with E-state index in [9.17, 15) is 14.9 Å². The zero-order valence-corrected chi connectivity index (χ0v) is 25.9. The van der Waals surface area contributed by atoms with Crippen LogP contribution in [0.25, 0.3) is 0 Å². The first-order valence-corrected chi connectivity index (χ1v) is 15.0. The van der Waals surface area contributed by atoms with Crippen molar-refractivity contribution < 1.29 is 23.1 Å². The molecule has 42 heavy (non-hydrogen) atoms. The normalized spacial score (nSPS) is 26.0. The molecule has 0 bridgehead atoms. The molecular weight excluding hydrogens is 583 g/mol. The molecule has 0 aromatic heterocycles. The minimum atomic E-state index is -1.64. The molecule has 1 aliphatic heterocycles. The van der Waals surface area contributed by atoms with Crippen LogP contribution in [0.3, 0.4) is 0 Å². The maximum Gasteiger partial charge on any atom is 0.318 e. The molecule has 2 amide bonds. The van der Waals surface area contributed by atoms with Gasteiger partial charge in [0, 0.05) is 35.2 Å². The highest BCUT2D eigenvalue weighted by Gasteiger charge is 2.60. The topological polar surface area (TPSA) is 82.4 Å². The Hall–Kier alpha value is -2.89. The largest absolute Gasteiger partial charge is 0.469 e. The number of carbonyl (C=O) groups is 2. The number of rotatable bonds is 6. The van der Waals surface area contributed by atoms with Crippen molar-refractivity contribution in [1.29, 1.82) is 5.26 Å². The summed E-state index contributed by atoms with van der Waals surface area (Å²) < 4.78 is 36.4. The quantitative estimate of drug-likeness (QED) is 0.334. The predicted octanol–water partition coefficient (Wildman–Crippen LogP) is 7.83. The highest BCUT2D eigenvalue weighted by molar-refractivity contribution is 6.31. The van der Waals surface area contributed by atoms with E-state index in [1.54, 1.807) is 6.07 Å². The van der Waals surface area contributed by atoms with Crippen molar-refractivity contribution in [1.82, 2.24) is 10.2 Å². The lowest BCUT2D eigenvalue weighted by molar-refractivity contribution is -0.146. The van der Waals surface area contributed by atoms with Crippen molar-refractivity contribution in [2.24, 2.45) is 23.2 Å². The van der Waals surface area contributed by atoms with Crippen molar-refractivity contribution in [2.75, 3.05) is 20.2 Å². The molecule has 1 N–H and O–H groups in total. The molecule has 1 heterocycles. The lowest BCUT2D eigenvalue weighted by Crippen LogP contribution is -2.45. The number of halogens is 4. The van der Waals surface area contributed by atoms with Gasteiger partial charge in [-0.15, -0.1) is 0 Å². The first-order chi connectivity index (χ1) is 19.8. The first-order valence-electron chi connectivity index (χ1n) is 14.2. The van der Waals surface area contributed by atoms with Crippen molar-refractivity contribution >= 4 is 35.2 Å². The summed E-state index contributed by atoms with van der Waals surface area (Å²) in [6.07, 6.45) is 3.31. The summed E-state index contributed by atoms with van der Waals surface area (Å²) in [7, 11) is 1.38. The number of amides is 2. The van der Waals surface area contributed by atoms with E-state index in [2.05, 4.69) is 11.4 Å². The summed E-state index contributed by atoms with van der Waals surface area (Å²) in [5.41, 5.74) is -1.82. The molecule has 3 atom stereocenters. The zero-order chi connectivity index (χ0) is 30.8. The standard InChI is InChI=1S/C32H37Cl2F2N3O3/c1-31(2,3)15-21-17-39(30(41)38-16-19-8-10-20(11-9-19)29(40)42-4)28(23-6-5-7-25(34)27(23)36)32(21,18-37)24-13-12-22(33)14-26(24)35/h5-7,12-14,19-21,28H,8-11,15-17H2,1-4H3,(H,38,41). The van der Waals surface area contributed by atoms with Crippen molar-refractivity contribution in [2.45, 2.75) is 64.3 Å². The SMILES string of the molecule is COC(=O)C1CCC(CNC(=O)N2CC(CC(C)(C)C)C(C#N)(c3ccc(Cl)cc3F)C2c2cccc(Cl)c2F)CC1. The Bertz CT molecular complexity index is 1370. The number of benzene rings is 2. The molecule has 2 aromatic carbocycles. The minimum Gasteiger partial charge on any atom is -0.469 e. The second kappa shape index (κ2) is 12.8. The molecule has 2 fully saturated rings. The molecule has 1 saturated carbocycles. The Kier molecular flexibility index (Phi) is 9.74. The smallest absolute Gasteiger partial charge is 0.318 e. The third-order valence-corrected chi connectivity index (χ3v) is 9.21. The van der Waals surface area contributed by atoms with Crippen LogP contribution in [-0.4, -0.2) is 37.1 Å². The molecule has 10 heteroatoms. The summed E-state index contributed by atoms with van der Waals surface area (Å²) in [4.78, 5) is 27.3. The Morgan fingerprint density at radius 3 is 2.43 bits per heavy atom. The Labute approximate surface area is 256 Å². The molecule has 3 unspecified atom stereocenters.